The minimum atomic E-state index is 0.503. The Hall–Kier alpha value is -11.0. The zero-order valence-corrected chi connectivity index (χ0v) is 42.7. The fraction of sp³-hybridized carbons (Fsp3) is 0. The monoisotopic (exact) mass is 1020 g/mol. The maximum absolute atomic E-state index is 5.28. The number of nitrogens with zero attached hydrogens (tertiary/aromatic N) is 8. The summed E-state index contributed by atoms with van der Waals surface area (Å²) in [5, 5.41) is 20.7. The van der Waals surface area contributed by atoms with E-state index >= 15 is 0 Å². The van der Waals surface area contributed by atoms with Crippen LogP contribution < -0.4 is 0 Å². The second-order valence-corrected chi connectivity index (χ2v) is 20.7. The molecule has 0 saturated heterocycles. The average Bonchev–Trinajstić information content (AvgIpc) is 3.65. The topological polar surface area (TPSA) is 103 Å². The first kappa shape index (κ1) is 44.2. The summed E-state index contributed by atoms with van der Waals surface area (Å²) in [6.07, 6.45) is 9.20. The first-order chi connectivity index (χ1) is 39.6. The van der Waals surface area contributed by atoms with E-state index in [9.17, 15) is 0 Å². The van der Waals surface area contributed by atoms with E-state index in [1.807, 2.05) is 36.9 Å². The summed E-state index contributed by atoms with van der Waals surface area (Å²) in [6.45, 7) is 0. The molecule has 6 heterocycles. The summed E-state index contributed by atoms with van der Waals surface area (Å²) >= 11 is 0. The first-order valence-corrected chi connectivity index (χ1v) is 26.8. The van der Waals surface area contributed by atoms with Crippen molar-refractivity contribution in [2.24, 2.45) is 0 Å². The molecule has 0 atom stereocenters. The molecule has 0 unspecified atom stereocenters. The summed E-state index contributed by atoms with van der Waals surface area (Å²) in [5.41, 5.74) is 11.2. The summed E-state index contributed by atoms with van der Waals surface area (Å²) in [6, 6.07) is 75.9. The van der Waals surface area contributed by atoms with Crippen LogP contribution in [0.15, 0.2) is 243 Å². The number of rotatable bonds is 5. The first-order valence-electron chi connectivity index (χ1n) is 26.8. The molecule has 0 fully saturated rings. The molecule has 17 rings (SSSR count). The zero-order chi connectivity index (χ0) is 52.4. The smallest absolute Gasteiger partial charge is 0.181 e. The highest BCUT2D eigenvalue weighted by molar-refractivity contribution is 6.27. The number of hydrogen-bond acceptors (Lipinski definition) is 8. The van der Waals surface area contributed by atoms with Crippen molar-refractivity contribution in [3.63, 3.8) is 0 Å². The molecule has 80 heavy (non-hydrogen) atoms. The van der Waals surface area contributed by atoms with Crippen LogP contribution in [-0.2, 0) is 0 Å². The van der Waals surface area contributed by atoms with Gasteiger partial charge < -0.3 is 0 Å². The summed E-state index contributed by atoms with van der Waals surface area (Å²) in [7, 11) is 0. The number of benzene rings is 11. The molecule has 6 aromatic heterocycles. The van der Waals surface area contributed by atoms with Crippen LogP contribution in [0.3, 0.4) is 0 Å². The van der Waals surface area contributed by atoms with Gasteiger partial charge in [-0.2, -0.15) is 0 Å². The van der Waals surface area contributed by atoms with E-state index in [2.05, 4.69) is 215 Å². The van der Waals surface area contributed by atoms with Gasteiger partial charge in [0.25, 0.3) is 0 Å². The van der Waals surface area contributed by atoms with Crippen LogP contribution in [0, 0.1) is 0 Å². The zero-order valence-electron chi connectivity index (χ0n) is 42.7. The van der Waals surface area contributed by atoms with E-state index in [-0.39, 0.29) is 0 Å². The number of fused-ring (bicyclic) bond motifs is 19. The van der Waals surface area contributed by atoms with Crippen molar-refractivity contribution in [1.82, 2.24) is 39.9 Å². The van der Waals surface area contributed by atoms with Gasteiger partial charge in [-0.25, -0.2) is 24.9 Å². The van der Waals surface area contributed by atoms with Crippen LogP contribution in [0.1, 0.15) is 0 Å². The highest BCUT2D eigenvalue weighted by atomic mass is 15.0. The maximum atomic E-state index is 5.28. The van der Waals surface area contributed by atoms with E-state index in [0.717, 1.165) is 98.8 Å². The Kier molecular flexibility index (Phi) is 9.54. The second kappa shape index (κ2) is 17.3. The van der Waals surface area contributed by atoms with Gasteiger partial charge in [-0.05, 0) is 147 Å². The molecule has 0 aliphatic rings. The van der Waals surface area contributed by atoms with Crippen LogP contribution in [0.2, 0.25) is 0 Å². The average molecular weight is 1020 g/mol. The van der Waals surface area contributed by atoms with Crippen LogP contribution in [0.4, 0.5) is 0 Å². The molecule has 0 saturated carbocycles. The molecule has 8 nitrogen and oxygen atoms in total. The molecule has 368 valence electrons. The Morgan fingerprint density at radius 2 is 0.738 bits per heavy atom. The van der Waals surface area contributed by atoms with E-state index < -0.39 is 0 Å². The molecule has 0 spiro atoms. The minimum Gasteiger partial charge on any atom is -0.264 e. The highest BCUT2D eigenvalue weighted by Crippen LogP contribution is 2.42. The Balaban J connectivity index is 0.728. The van der Waals surface area contributed by atoms with Gasteiger partial charge in [-0.15, -0.1) is 0 Å². The molecule has 0 bridgehead atoms. The molecule has 11 aromatic carbocycles. The molecule has 0 amide bonds. The van der Waals surface area contributed by atoms with E-state index in [1.54, 1.807) is 6.33 Å². The standard InChI is InChI=1S/C72H40N8/c1-2-11-53-51(9-1)52-10-3-4-12-54(52)62-36-48(21-26-57(53)62)71-76-40-77-72(80-71)66-28-23-43-17-18-47-33-50(38-75-68(47)70(43)79-66)45-20-25-59-58-24-19-44(34-60(58)55-13-5-6-14-56(55)61(59)35-45)49-32-46-29-31-73-39-64(46)63(37-49)65-27-22-42-16-15-41-8-7-30-74-67(41)69(42)78-65/h1-40H. The van der Waals surface area contributed by atoms with Crippen molar-refractivity contribution in [3.05, 3.63) is 243 Å². The normalized spacial score (nSPS) is 12.0. The fourth-order valence-electron chi connectivity index (χ4n) is 12.4. The third-order valence-corrected chi connectivity index (χ3v) is 16.3. The lowest BCUT2D eigenvalue weighted by Gasteiger charge is -2.15. The molecule has 0 aliphatic heterocycles. The molecular weight excluding hydrogens is 977 g/mol. The van der Waals surface area contributed by atoms with Gasteiger partial charge in [0.2, 0.25) is 0 Å². The van der Waals surface area contributed by atoms with Crippen LogP contribution >= 0.6 is 0 Å². The number of hydrogen-bond donors (Lipinski definition) is 0. The molecule has 0 N–H and O–H groups in total. The summed E-state index contributed by atoms with van der Waals surface area (Å²) in [5.74, 6) is 1.09. The van der Waals surface area contributed by atoms with Gasteiger partial charge in [0.05, 0.1) is 27.8 Å². The minimum absolute atomic E-state index is 0.503. The fourth-order valence-corrected chi connectivity index (χ4v) is 12.4. The molecular formula is C72H40N8. The van der Waals surface area contributed by atoms with E-state index in [4.69, 9.17) is 24.9 Å². The van der Waals surface area contributed by atoms with Crippen LogP contribution in [0.5, 0.6) is 0 Å². The van der Waals surface area contributed by atoms with Gasteiger partial charge >= 0.3 is 0 Å². The number of aromatic nitrogens is 8. The van der Waals surface area contributed by atoms with Crippen molar-refractivity contribution in [2.75, 3.05) is 0 Å². The van der Waals surface area contributed by atoms with Crippen LogP contribution in [0.25, 0.3) is 175 Å². The molecule has 17 aromatic rings. The quantitative estimate of drug-likeness (QED) is 0.157. The van der Waals surface area contributed by atoms with Gasteiger partial charge in [0, 0.05) is 68.4 Å². The maximum Gasteiger partial charge on any atom is 0.181 e. The molecule has 0 aliphatic carbocycles. The predicted molar refractivity (Wildman–Crippen MR) is 329 cm³/mol. The highest BCUT2D eigenvalue weighted by Gasteiger charge is 2.18. The Labute approximate surface area is 456 Å². The summed E-state index contributed by atoms with van der Waals surface area (Å²) < 4.78 is 0. The summed E-state index contributed by atoms with van der Waals surface area (Å²) in [4.78, 5) is 39.2. The van der Waals surface area contributed by atoms with Gasteiger partial charge in [0.1, 0.15) is 12.0 Å². The second-order valence-electron chi connectivity index (χ2n) is 20.7. The third-order valence-electron chi connectivity index (χ3n) is 16.3. The predicted octanol–water partition coefficient (Wildman–Crippen LogP) is 17.9. The van der Waals surface area contributed by atoms with Crippen molar-refractivity contribution in [2.45, 2.75) is 0 Å². The third kappa shape index (κ3) is 6.89. The van der Waals surface area contributed by atoms with Gasteiger partial charge in [-0.3, -0.25) is 15.0 Å². The van der Waals surface area contributed by atoms with Crippen molar-refractivity contribution >= 4 is 119 Å². The van der Waals surface area contributed by atoms with E-state index in [0.29, 0.717) is 17.3 Å². The molecule has 8 heteroatoms. The number of pyridine rings is 5. The Morgan fingerprint density at radius 3 is 1.40 bits per heavy atom. The molecule has 0 radical (unpaired) electrons. The van der Waals surface area contributed by atoms with Crippen molar-refractivity contribution in [3.8, 4) is 56.4 Å². The SMILES string of the molecule is c1cnc2c(c1)ccc1ccc(-c3cc(-c4ccc5c6ccc(-c7cnc8c(ccc9ccc(-c%10ncnc(-c%11ccc%12c%13ccccc%13c%13ccccc%13c%12c%11)n%10)nc98)c7)cc6c6ccccc6c5c4)cc4ccncc34)nc12. The Bertz CT molecular complexity index is 5470. The van der Waals surface area contributed by atoms with E-state index in [1.165, 1.54) is 59.2 Å². The van der Waals surface area contributed by atoms with Crippen LogP contribution in [-0.4, -0.2) is 39.9 Å². The Morgan fingerprint density at radius 1 is 0.237 bits per heavy atom. The van der Waals surface area contributed by atoms with Crippen molar-refractivity contribution in [1.29, 1.82) is 0 Å². The van der Waals surface area contributed by atoms with Gasteiger partial charge in [0.15, 0.2) is 11.6 Å². The lowest BCUT2D eigenvalue weighted by atomic mass is 9.89. The largest absolute Gasteiger partial charge is 0.264 e. The lowest BCUT2D eigenvalue weighted by Crippen LogP contribution is -1.97. The van der Waals surface area contributed by atoms with Crippen molar-refractivity contribution < 1.29 is 0 Å². The van der Waals surface area contributed by atoms with Gasteiger partial charge in [-0.1, -0.05) is 152 Å². The lowest BCUT2D eigenvalue weighted by molar-refractivity contribution is 1.05.